The number of hydrogen-bond acceptors (Lipinski definition) is 4. The lowest BCUT2D eigenvalue weighted by Crippen LogP contribution is -2.48. The van der Waals surface area contributed by atoms with Crippen LogP contribution in [0.1, 0.15) is 30.9 Å². The Morgan fingerprint density at radius 2 is 2.08 bits per heavy atom. The number of nitrogens with one attached hydrogen (secondary N) is 1. The largest absolute Gasteiger partial charge is 0.496 e. The molecule has 1 aromatic carbocycles. The molecule has 1 fully saturated rings. The van der Waals surface area contributed by atoms with Crippen molar-refractivity contribution in [2.45, 2.75) is 39.3 Å². The van der Waals surface area contributed by atoms with Gasteiger partial charge in [-0.15, -0.1) is 24.0 Å². The van der Waals surface area contributed by atoms with Gasteiger partial charge in [-0.2, -0.15) is 0 Å². The van der Waals surface area contributed by atoms with Gasteiger partial charge in [0.25, 0.3) is 0 Å². The van der Waals surface area contributed by atoms with Crippen molar-refractivity contribution in [2.75, 3.05) is 26.8 Å². The first-order valence-electron chi connectivity index (χ1n) is 8.65. The predicted molar refractivity (Wildman–Crippen MR) is 113 cm³/mol. The molecule has 0 unspecified atom stereocenters. The number of methoxy groups -OCH3 is 1. The minimum atomic E-state index is -0.242. The Kier molecular flexibility index (Phi) is 9.53. The van der Waals surface area contributed by atoms with E-state index in [0.29, 0.717) is 32.2 Å². The molecule has 1 aliphatic rings. The summed E-state index contributed by atoms with van der Waals surface area (Å²) in [7, 11) is 1.65. The number of guanidine groups is 1. The van der Waals surface area contributed by atoms with Gasteiger partial charge in [-0.3, -0.25) is 0 Å². The number of aryl methyl sites for hydroxylation is 1. The van der Waals surface area contributed by atoms with Crippen molar-refractivity contribution in [1.29, 1.82) is 0 Å². The average Bonchev–Trinajstić information content (AvgIpc) is 2.61. The maximum Gasteiger partial charge on any atom is 0.409 e. The normalized spacial score (nSPS) is 15.2. The van der Waals surface area contributed by atoms with Crippen molar-refractivity contribution in [2.24, 2.45) is 10.7 Å². The smallest absolute Gasteiger partial charge is 0.409 e. The molecule has 7 nitrogen and oxygen atoms in total. The van der Waals surface area contributed by atoms with E-state index in [1.165, 1.54) is 0 Å². The summed E-state index contributed by atoms with van der Waals surface area (Å²) in [6.07, 6.45) is 1.40. The molecule has 1 aliphatic heterocycles. The van der Waals surface area contributed by atoms with Gasteiger partial charge >= 0.3 is 6.09 Å². The Labute approximate surface area is 172 Å². The van der Waals surface area contributed by atoms with Crippen molar-refractivity contribution in [3.63, 3.8) is 0 Å². The summed E-state index contributed by atoms with van der Waals surface area (Å²) < 4.78 is 10.4. The van der Waals surface area contributed by atoms with Crippen LogP contribution in [-0.4, -0.2) is 49.8 Å². The molecular formula is C18H29IN4O3. The highest BCUT2D eigenvalue weighted by Crippen LogP contribution is 2.20. The third kappa shape index (κ3) is 6.54. The number of halogens is 1. The Bertz CT molecular complexity index is 616. The first-order valence-corrected chi connectivity index (χ1v) is 8.65. The lowest BCUT2D eigenvalue weighted by molar-refractivity contribution is 0.0963. The number of rotatable bonds is 5. The molecule has 0 saturated carbocycles. The zero-order valence-corrected chi connectivity index (χ0v) is 18.0. The van der Waals surface area contributed by atoms with E-state index in [9.17, 15) is 4.79 Å². The molecule has 8 heteroatoms. The van der Waals surface area contributed by atoms with Crippen molar-refractivity contribution in [1.82, 2.24) is 10.2 Å². The van der Waals surface area contributed by atoms with Crippen LogP contribution in [0.4, 0.5) is 4.79 Å². The quantitative estimate of drug-likeness (QED) is 0.388. The minimum Gasteiger partial charge on any atom is -0.496 e. The fraction of sp³-hybridized carbons (Fsp3) is 0.556. The summed E-state index contributed by atoms with van der Waals surface area (Å²) in [5.74, 6) is 1.23. The fourth-order valence-electron chi connectivity index (χ4n) is 2.83. The van der Waals surface area contributed by atoms with Crippen LogP contribution < -0.4 is 15.8 Å². The van der Waals surface area contributed by atoms with Gasteiger partial charge in [0, 0.05) is 24.7 Å². The molecule has 1 heterocycles. The molecule has 0 aliphatic carbocycles. The number of piperidine rings is 1. The minimum absolute atomic E-state index is 0. The molecule has 3 N–H and O–H groups in total. The Morgan fingerprint density at radius 1 is 1.38 bits per heavy atom. The molecule has 26 heavy (non-hydrogen) atoms. The number of hydrogen-bond donors (Lipinski definition) is 2. The van der Waals surface area contributed by atoms with Crippen LogP contribution in [0.25, 0.3) is 0 Å². The van der Waals surface area contributed by atoms with Gasteiger partial charge < -0.3 is 25.4 Å². The summed E-state index contributed by atoms with van der Waals surface area (Å²) in [5.41, 5.74) is 8.15. The van der Waals surface area contributed by atoms with Crippen LogP contribution >= 0.6 is 24.0 Å². The number of likely N-dealkylation sites (tertiary alicyclic amines) is 1. The van der Waals surface area contributed by atoms with Crippen LogP contribution in [0, 0.1) is 6.92 Å². The number of nitrogens with two attached hydrogens (primary N) is 1. The lowest BCUT2D eigenvalue weighted by atomic mass is 10.1. The molecule has 0 aromatic heterocycles. The van der Waals surface area contributed by atoms with Gasteiger partial charge in [-0.25, -0.2) is 9.79 Å². The fourth-order valence-corrected chi connectivity index (χ4v) is 2.83. The SMILES string of the molecule is CCOC(=O)N1CCC(NC(N)=NCc2ccc(C)cc2OC)CC1.I. The molecule has 1 amide bonds. The highest BCUT2D eigenvalue weighted by molar-refractivity contribution is 14.0. The zero-order valence-electron chi connectivity index (χ0n) is 15.7. The number of aliphatic imine (C=N–C) groups is 1. The molecule has 0 radical (unpaired) electrons. The number of nitrogens with zero attached hydrogens (tertiary/aromatic N) is 2. The molecule has 0 bridgehead atoms. The first kappa shape index (κ1) is 22.3. The average molecular weight is 476 g/mol. The highest BCUT2D eigenvalue weighted by atomic mass is 127. The number of carbonyl (C=O) groups excluding carboxylic acids is 1. The second-order valence-corrected chi connectivity index (χ2v) is 6.12. The van der Waals surface area contributed by atoms with Crippen LogP contribution in [0.3, 0.4) is 0 Å². The van der Waals surface area contributed by atoms with Crippen molar-refractivity contribution in [3.05, 3.63) is 29.3 Å². The third-order valence-electron chi connectivity index (χ3n) is 4.24. The Morgan fingerprint density at radius 3 is 2.69 bits per heavy atom. The predicted octanol–water partition coefficient (Wildman–Crippen LogP) is 2.65. The summed E-state index contributed by atoms with van der Waals surface area (Å²) >= 11 is 0. The molecule has 0 atom stereocenters. The van der Waals surface area contributed by atoms with Gasteiger partial charge in [0.15, 0.2) is 5.96 Å². The Hall–Kier alpha value is -1.71. The summed E-state index contributed by atoms with van der Waals surface area (Å²) in [6.45, 7) is 6.02. The van der Waals surface area contributed by atoms with Gasteiger partial charge in [0.2, 0.25) is 0 Å². The van der Waals surface area contributed by atoms with Gasteiger partial charge in [-0.1, -0.05) is 12.1 Å². The van der Waals surface area contributed by atoms with Gasteiger partial charge in [-0.05, 0) is 38.3 Å². The summed E-state index contributed by atoms with van der Waals surface area (Å²) in [6, 6.07) is 6.24. The van der Waals surface area contributed by atoms with E-state index in [-0.39, 0.29) is 36.1 Å². The van der Waals surface area contributed by atoms with E-state index in [4.69, 9.17) is 15.2 Å². The molecule has 0 spiro atoms. The van der Waals surface area contributed by atoms with E-state index >= 15 is 0 Å². The maximum absolute atomic E-state index is 11.7. The van der Waals surface area contributed by atoms with E-state index < -0.39 is 0 Å². The molecule has 1 saturated heterocycles. The molecule has 1 aromatic rings. The van der Waals surface area contributed by atoms with Gasteiger partial charge in [0.1, 0.15) is 5.75 Å². The second-order valence-electron chi connectivity index (χ2n) is 6.12. The molecular weight excluding hydrogens is 447 g/mol. The monoisotopic (exact) mass is 476 g/mol. The number of benzene rings is 1. The summed E-state index contributed by atoms with van der Waals surface area (Å²) in [4.78, 5) is 17.8. The third-order valence-corrected chi connectivity index (χ3v) is 4.24. The van der Waals surface area contributed by atoms with Crippen LogP contribution in [0.15, 0.2) is 23.2 Å². The topological polar surface area (TPSA) is 89.2 Å². The lowest BCUT2D eigenvalue weighted by Gasteiger charge is -2.31. The number of ether oxygens (including phenoxy) is 2. The molecule has 2 rings (SSSR count). The van der Waals surface area contributed by atoms with Crippen molar-refractivity contribution in [3.8, 4) is 5.75 Å². The van der Waals surface area contributed by atoms with E-state index in [1.807, 2.05) is 32.0 Å². The van der Waals surface area contributed by atoms with Crippen LogP contribution in [0.2, 0.25) is 0 Å². The first-order chi connectivity index (χ1) is 12.0. The second kappa shape index (κ2) is 11.1. The summed E-state index contributed by atoms with van der Waals surface area (Å²) in [5, 5.41) is 3.24. The van der Waals surface area contributed by atoms with Crippen molar-refractivity contribution >= 4 is 36.0 Å². The standard InChI is InChI=1S/C18H28N4O3.HI/c1-4-25-18(23)22-9-7-15(8-10-22)21-17(19)20-12-14-6-5-13(2)11-16(14)24-3;/h5-6,11,15H,4,7-10,12H2,1-3H3,(H3,19,20,21);1H. The number of carbonyl (C=O) groups is 1. The van der Waals surface area contributed by atoms with E-state index in [0.717, 1.165) is 29.7 Å². The van der Waals surface area contributed by atoms with E-state index in [2.05, 4.69) is 10.3 Å². The molecule has 146 valence electrons. The highest BCUT2D eigenvalue weighted by Gasteiger charge is 2.23. The number of amides is 1. The zero-order chi connectivity index (χ0) is 18.2. The van der Waals surface area contributed by atoms with Crippen LogP contribution in [-0.2, 0) is 11.3 Å². The van der Waals surface area contributed by atoms with Crippen molar-refractivity contribution < 1.29 is 14.3 Å². The van der Waals surface area contributed by atoms with E-state index in [1.54, 1.807) is 12.0 Å². The maximum atomic E-state index is 11.7. The Balaban J connectivity index is 0.00000338. The van der Waals surface area contributed by atoms with Crippen LogP contribution in [0.5, 0.6) is 5.75 Å². The van der Waals surface area contributed by atoms with Gasteiger partial charge in [0.05, 0.1) is 20.3 Å².